The topological polar surface area (TPSA) is 55.1 Å². The molecule has 1 unspecified atom stereocenters. The molecule has 1 aliphatic carbocycles. The normalized spacial score (nSPS) is 24.1. The maximum Gasteiger partial charge on any atom is 0.220 e. The smallest absolute Gasteiger partial charge is 0.220 e. The molecule has 0 aromatic heterocycles. The van der Waals surface area contributed by atoms with Crippen molar-refractivity contribution in [3.8, 4) is 0 Å². The Labute approximate surface area is 121 Å². The third-order valence-electron chi connectivity index (χ3n) is 4.33. The van der Waals surface area contributed by atoms with Gasteiger partial charge in [0.05, 0.1) is 0 Å². The van der Waals surface area contributed by atoms with Crippen LogP contribution in [0.15, 0.2) is 30.3 Å². The Morgan fingerprint density at radius 1 is 1.25 bits per heavy atom. The van der Waals surface area contributed by atoms with Crippen molar-refractivity contribution in [2.45, 2.75) is 63.5 Å². The second-order valence-electron chi connectivity index (χ2n) is 5.90. The molecule has 0 radical (unpaired) electrons. The monoisotopic (exact) mass is 274 g/mol. The van der Waals surface area contributed by atoms with E-state index in [9.17, 15) is 4.79 Å². The average molecular weight is 274 g/mol. The zero-order valence-electron chi connectivity index (χ0n) is 12.3. The summed E-state index contributed by atoms with van der Waals surface area (Å²) in [5.74, 6) is 0.503. The lowest BCUT2D eigenvalue weighted by Crippen LogP contribution is -2.40. The van der Waals surface area contributed by atoms with Crippen LogP contribution in [0.25, 0.3) is 0 Å². The van der Waals surface area contributed by atoms with Gasteiger partial charge >= 0.3 is 0 Å². The first-order valence-corrected chi connectivity index (χ1v) is 7.79. The highest BCUT2D eigenvalue weighted by molar-refractivity contribution is 5.77. The van der Waals surface area contributed by atoms with E-state index in [1.165, 1.54) is 5.56 Å². The molecule has 0 bridgehead atoms. The van der Waals surface area contributed by atoms with E-state index in [1.54, 1.807) is 0 Å². The molecular formula is C17H26N2O. The van der Waals surface area contributed by atoms with E-state index in [-0.39, 0.29) is 5.91 Å². The van der Waals surface area contributed by atoms with Crippen LogP contribution in [-0.4, -0.2) is 18.0 Å². The average Bonchev–Trinajstić information content (AvgIpc) is 2.48. The zero-order chi connectivity index (χ0) is 14.4. The number of hydrogen-bond donors (Lipinski definition) is 2. The number of benzene rings is 1. The molecule has 1 saturated carbocycles. The van der Waals surface area contributed by atoms with Crippen LogP contribution in [0.1, 0.15) is 56.9 Å². The quantitative estimate of drug-likeness (QED) is 0.867. The molecule has 1 aliphatic rings. The van der Waals surface area contributed by atoms with Gasteiger partial charge in [0.2, 0.25) is 5.91 Å². The van der Waals surface area contributed by atoms with Gasteiger partial charge in [0.15, 0.2) is 0 Å². The van der Waals surface area contributed by atoms with E-state index >= 15 is 0 Å². The van der Waals surface area contributed by atoms with Crippen LogP contribution >= 0.6 is 0 Å². The van der Waals surface area contributed by atoms with Crippen molar-refractivity contribution in [2.75, 3.05) is 0 Å². The van der Waals surface area contributed by atoms with Crippen molar-refractivity contribution in [1.82, 2.24) is 5.32 Å². The number of hydrogen-bond acceptors (Lipinski definition) is 2. The second kappa shape index (κ2) is 7.44. The predicted octanol–water partition coefficient (Wildman–Crippen LogP) is 2.96. The molecule has 0 aliphatic heterocycles. The third-order valence-corrected chi connectivity index (χ3v) is 4.33. The number of amides is 1. The van der Waals surface area contributed by atoms with Gasteiger partial charge in [-0.2, -0.15) is 0 Å². The molecule has 1 aromatic rings. The lowest BCUT2D eigenvalue weighted by molar-refractivity contribution is -0.122. The summed E-state index contributed by atoms with van der Waals surface area (Å²) in [6, 6.07) is 11.0. The Kier molecular flexibility index (Phi) is 5.60. The predicted molar refractivity (Wildman–Crippen MR) is 82.5 cm³/mol. The summed E-state index contributed by atoms with van der Waals surface area (Å²) in [7, 11) is 0. The Balaban J connectivity index is 1.84. The van der Waals surface area contributed by atoms with Gasteiger partial charge in [0.25, 0.3) is 0 Å². The number of rotatable bonds is 5. The van der Waals surface area contributed by atoms with E-state index in [4.69, 9.17) is 5.73 Å². The minimum absolute atomic E-state index is 0.182. The van der Waals surface area contributed by atoms with E-state index < -0.39 is 0 Å². The van der Waals surface area contributed by atoms with Crippen molar-refractivity contribution < 1.29 is 4.79 Å². The van der Waals surface area contributed by atoms with Gasteiger partial charge in [0, 0.05) is 18.5 Å². The highest BCUT2D eigenvalue weighted by Gasteiger charge is 2.21. The van der Waals surface area contributed by atoms with Crippen molar-refractivity contribution >= 4 is 5.91 Å². The van der Waals surface area contributed by atoms with Crippen molar-refractivity contribution in [3.05, 3.63) is 35.9 Å². The van der Waals surface area contributed by atoms with Crippen LogP contribution in [0, 0.1) is 0 Å². The molecule has 1 aromatic carbocycles. The summed E-state index contributed by atoms with van der Waals surface area (Å²) < 4.78 is 0. The van der Waals surface area contributed by atoms with Crippen LogP contribution in [0.5, 0.6) is 0 Å². The molecule has 2 rings (SSSR count). The Morgan fingerprint density at radius 3 is 2.50 bits per heavy atom. The van der Waals surface area contributed by atoms with Gasteiger partial charge < -0.3 is 11.1 Å². The van der Waals surface area contributed by atoms with Gasteiger partial charge in [-0.25, -0.2) is 0 Å². The van der Waals surface area contributed by atoms with Crippen LogP contribution in [0.3, 0.4) is 0 Å². The number of nitrogens with one attached hydrogen (secondary N) is 1. The fourth-order valence-corrected chi connectivity index (χ4v) is 3.00. The van der Waals surface area contributed by atoms with Gasteiger partial charge in [-0.3, -0.25) is 4.79 Å². The first kappa shape index (κ1) is 15.0. The van der Waals surface area contributed by atoms with E-state index in [0.717, 1.165) is 32.1 Å². The summed E-state index contributed by atoms with van der Waals surface area (Å²) >= 11 is 0. The van der Waals surface area contributed by atoms with Gasteiger partial charge in [0.1, 0.15) is 0 Å². The highest BCUT2D eigenvalue weighted by atomic mass is 16.1. The molecule has 0 saturated heterocycles. The first-order valence-electron chi connectivity index (χ1n) is 7.79. The van der Waals surface area contributed by atoms with Crippen LogP contribution in [0.4, 0.5) is 0 Å². The number of carbonyl (C=O) groups excluding carboxylic acids is 1. The standard InChI is InChI=1S/C17H26N2O/c1-2-13(14-6-4-3-5-7-14)12-17(20)19-16-10-8-15(18)9-11-16/h3-7,13,15-16H,2,8-12,18H2,1H3,(H,19,20). The fraction of sp³-hybridized carbons (Fsp3) is 0.588. The minimum Gasteiger partial charge on any atom is -0.353 e. The van der Waals surface area contributed by atoms with E-state index in [2.05, 4.69) is 24.4 Å². The largest absolute Gasteiger partial charge is 0.353 e. The van der Waals surface area contributed by atoms with Crippen LogP contribution in [0.2, 0.25) is 0 Å². The molecule has 20 heavy (non-hydrogen) atoms. The molecule has 1 fully saturated rings. The molecule has 0 spiro atoms. The maximum absolute atomic E-state index is 12.2. The summed E-state index contributed by atoms with van der Waals surface area (Å²) in [6.45, 7) is 2.14. The van der Waals surface area contributed by atoms with E-state index in [1.807, 2.05) is 18.2 Å². The lowest BCUT2D eigenvalue weighted by atomic mass is 9.90. The molecule has 1 atom stereocenters. The summed E-state index contributed by atoms with van der Waals surface area (Å²) in [5.41, 5.74) is 7.15. The molecular weight excluding hydrogens is 248 g/mol. The molecule has 3 heteroatoms. The zero-order valence-corrected chi connectivity index (χ0v) is 12.3. The highest BCUT2D eigenvalue weighted by Crippen LogP contribution is 2.23. The van der Waals surface area contributed by atoms with Crippen molar-refractivity contribution in [2.24, 2.45) is 5.73 Å². The minimum atomic E-state index is 0.182. The van der Waals surface area contributed by atoms with E-state index in [0.29, 0.717) is 24.4 Å². The fourth-order valence-electron chi connectivity index (χ4n) is 3.00. The second-order valence-corrected chi connectivity index (χ2v) is 5.90. The van der Waals surface area contributed by atoms with Crippen LogP contribution < -0.4 is 11.1 Å². The Morgan fingerprint density at radius 2 is 1.90 bits per heavy atom. The van der Waals surface area contributed by atoms with Gasteiger partial charge in [-0.15, -0.1) is 0 Å². The summed E-state index contributed by atoms with van der Waals surface area (Å²) in [6.07, 6.45) is 5.68. The third kappa shape index (κ3) is 4.34. The molecule has 3 N–H and O–H groups in total. The molecule has 0 heterocycles. The Hall–Kier alpha value is -1.35. The van der Waals surface area contributed by atoms with Crippen molar-refractivity contribution in [1.29, 1.82) is 0 Å². The van der Waals surface area contributed by atoms with Gasteiger partial charge in [-0.05, 0) is 43.6 Å². The number of carbonyl (C=O) groups is 1. The molecule has 3 nitrogen and oxygen atoms in total. The molecule has 1 amide bonds. The summed E-state index contributed by atoms with van der Waals surface area (Å²) in [5, 5.41) is 3.18. The summed E-state index contributed by atoms with van der Waals surface area (Å²) in [4.78, 5) is 12.2. The first-order chi connectivity index (χ1) is 9.69. The SMILES string of the molecule is CCC(CC(=O)NC1CCC(N)CC1)c1ccccc1. The van der Waals surface area contributed by atoms with Crippen molar-refractivity contribution in [3.63, 3.8) is 0 Å². The van der Waals surface area contributed by atoms with Gasteiger partial charge in [-0.1, -0.05) is 37.3 Å². The lowest BCUT2D eigenvalue weighted by Gasteiger charge is -2.27. The maximum atomic E-state index is 12.2. The molecule has 110 valence electrons. The Bertz CT molecular complexity index is 410. The van der Waals surface area contributed by atoms with Crippen LogP contribution in [-0.2, 0) is 4.79 Å². The number of nitrogens with two attached hydrogens (primary N) is 1.